The standard InChI is InChI=1S/C4H5N3O2/c5-3-1-2-6-4(8)7(3)9/h1-2,9H,5H2. The molecule has 1 aromatic rings. The molecule has 3 N–H and O–H groups in total. The topological polar surface area (TPSA) is 81.1 Å². The van der Waals surface area contributed by atoms with Crippen molar-refractivity contribution >= 4 is 5.82 Å². The Labute approximate surface area is 50.3 Å². The maximum absolute atomic E-state index is 10.4. The Kier molecular flexibility index (Phi) is 1.11. The molecular weight excluding hydrogens is 122 g/mol. The minimum absolute atomic E-state index is 0.0185. The highest BCUT2D eigenvalue weighted by atomic mass is 16.5. The van der Waals surface area contributed by atoms with Gasteiger partial charge in [-0.1, -0.05) is 0 Å². The van der Waals surface area contributed by atoms with Crippen LogP contribution in [0.25, 0.3) is 0 Å². The molecule has 9 heavy (non-hydrogen) atoms. The maximum atomic E-state index is 10.4. The molecule has 0 aromatic carbocycles. The summed E-state index contributed by atoms with van der Waals surface area (Å²) in [6.45, 7) is 0. The fourth-order valence-electron chi connectivity index (χ4n) is 0.413. The average Bonchev–Trinajstić information content (AvgIpc) is 1.83. The van der Waals surface area contributed by atoms with E-state index in [9.17, 15) is 4.79 Å². The van der Waals surface area contributed by atoms with Crippen molar-refractivity contribution in [3.05, 3.63) is 22.7 Å². The molecule has 0 radical (unpaired) electrons. The van der Waals surface area contributed by atoms with E-state index in [0.717, 1.165) is 0 Å². The molecule has 0 unspecified atom stereocenters. The second-order valence-corrected chi connectivity index (χ2v) is 1.46. The average molecular weight is 127 g/mol. The Morgan fingerprint density at radius 3 is 2.89 bits per heavy atom. The van der Waals surface area contributed by atoms with Crippen LogP contribution in [0.1, 0.15) is 0 Å². The second kappa shape index (κ2) is 1.77. The van der Waals surface area contributed by atoms with Crippen molar-refractivity contribution in [1.29, 1.82) is 0 Å². The predicted molar refractivity (Wildman–Crippen MR) is 30.1 cm³/mol. The van der Waals surface area contributed by atoms with E-state index in [1.165, 1.54) is 12.3 Å². The molecule has 0 aliphatic heterocycles. The van der Waals surface area contributed by atoms with Crippen LogP contribution in [0.2, 0.25) is 0 Å². The lowest BCUT2D eigenvalue weighted by molar-refractivity contribution is 0.176. The van der Waals surface area contributed by atoms with Gasteiger partial charge < -0.3 is 10.9 Å². The molecule has 0 spiro atoms. The molecule has 1 heterocycles. The van der Waals surface area contributed by atoms with E-state index < -0.39 is 5.69 Å². The minimum Gasteiger partial charge on any atom is -0.422 e. The first kappa shape index (κ1) is 5.61. The molecule has 1 rings (SSSR count). The van der Waals surface area contributed by atoms with Gasteiger partial charge in [0, 0.05) is 12.3 Å². The van der Waals surface area contributed by atoms with Crippen molar-refractivity contribution in [2.75, 3.05) is 5.73 Å². The molecule has 5 heteroatoms. The first-order chi connectivity index (χ1) is 4.22. The number of hydrogen-bond donors (Lipinski definition) is 2. The number of nitrogen functional groups attached to an aromatic ring is 1. The highest BCUT2D eigenvalue weighted by Gasteiger charge is 1.93. The molecule has 5 nitrogen and oxygen atoms in total. The van der Waals surface area contributed by atoms with Gasteiger partial charge in [-0.2, -0.15) is 4.98 Å². The van der Waals surface area contributed by atoms with Crippen LogP contribution in [-0.4, -0.2) is 14.9 Å². The third kappa shape index (κ3) is 0.835. The molecule has 0 saturated carbocycles. The van der Waals surface area contributed by atoms with Crippen molar-refractivity contribution in [3.63, 3.8) is 0 Å². The molecule has 0 amide bonds. The van der Waals surface area contributed by atoms with Gasteiger partial charge in [0.15, 0.2) is 0 Å². The lowest BCUT2D eigenvalue weighted by Gasteiger charge is -1.95. The van der Waals surface area contributed by atoms with Gasteiger partial charge in [0.1, 0.15) is 5.82 Å². The number of hydrogen-bond acceptors (Lipinski definition) is 4. The zero-order chi connectivity index (χ0) is 6.85. The van der Waals surface area contributed by atoms with E-state index in [2.05, 4.69) is 4.98 Å². The third-order valence-corrected chi connectivity index (χ3v) is 0.856. The fraction of sp³-hybridized carbons (Fsp3) is 0. The number of anilines is 1. The van der Waals surface area contributed by atoms with Gasteiger partial charge in [0.05, 0.1) is 0 Å². The summed E-state index contributed by atoms with van der Waals surface area (Å²) in [6.07, 6.45) is 1.23. The van der Waals surface area contributed by atoms with Crippen molar-refractivity contribution in [2.24, 2.45) is 0 Å². The lowest BCUT2D eigenvalue weighted by atomic mass is 10.6. The molecule has 0 atom stereocenters. The van der Waals surface area contributed by atoms with E-state index in [4.69, 9.17) is 10.9 Å². The maximum Gasteiger partial charge on any atom is 0.382 e. The van der Waals surface area contributed by atoms with Gasteiger partial charge >= 0.3 is 5.69 Å². The van der Waals surface area contributed by atoms with Crippen molar-refractivity contribution < 1.29 is 5.21 Å². The van der Waals surface area contributed by atoms with Gasteiger partial charge in [-0.15, -0.1) is 4.73 Å². The van der Waals surface area contributed by atoms with E-state index >= 15 is 0 Å². The smallest absolute Gasteiger partial charge is 0.382 e. The second-order valence-electron chi connectivity index (χ2n) is 1.46. The van der Waals surface area contributed by atoms with E-state index in [0.29, 0.717) is 0 Å². The number of nitrogens with two attached hydrogens (primary N) is 1. The zero-order valence-electron chi connectivity index (χ0n) is 4.48. The molecule has 48 valence electrons. The summed E-state index contributed by atoms with van der Waals surface area (Å²) < 4.78 is 0.278. The summed E-state index contributed by atoms with van der Waals surface area (Å²) in [4.78, 5) is 13.6. The van der Waals surface area contributed by atoms with Gasteiger partial charge in [0.25, 0.3) is 0 Å². The molecule has 0 saturated heterocycles. The summed E-state index contributed by atoms with van der Waals surface area (Å²) in [6, 6.07) is 1.32. The van der Waals surface area contributed by atoms with Gasteiger partial charge in [-0.25, -0.2) is 4.79 Å². The molecule has 0 aliphatic carbocycles. The molecule has 0 fully saturated rings. The number of nitrogens with zero attached hydrogens (tertiary/aromatic N) is 2. The molecule has 1 aromatic heterocycles. The van der Waals surface area contributed by atoms with Gasteiger partial charge in [-0.3, -0.25) is 0 Å². The van der Waals surface area contributed by atoms with Crippen LogP contribution < -0.4 is 11.4 Å². The predicted octanol–water partition coefficient (Wildman–Crippen LogP) is -0.937. The third-order valence-electron chi connectivity index (χ3n) is 0.856. The Balaban J connectivity index is 3.43. The van der Waals surface area contributed by atoms with Crippen LogP contribution in [0.4, 0.5) is 5.82 Å². The SMILES string of the molecule is Nc1ccnc(=O)n1O. The fourth-order valence-corrected chi connectivity index (χ4v) is 0.413. The van der Waals surface area contributed by atoms with Crippen LogP contribution in [0.5, 0.6) is 0 Å². The van der Waals surface area contributed by atoms with Crippen LogP contribution in [-0.2, 0) is 0 Å². The minimum atomic E-state index is -0.769. The van der Waals surface area contributed by atoms with Crippen molar-refractivity contribution in [3.8, 4) is 0 Å². The quantitative estimate of drug-likeness (QED) is 0.441. The van der Waals surface area contributed by atoms with Crippen LogP contribution >= 0.6 is 0 Å². The summed E-state index contributed by atoms with van der Waals surface area (Å²) >= 11 is 0. The number of aromatic nitrogens is 2. The van der Waals surface area contributed by atoms with Crippen molar-refractivity contribution in [2.45, 2.75) is 0 Å². The lowest BCUT2D eigenvalue weighted by Crippen LogP contribution is -2.22. The Hall–Kier alpha value is -1.52. The monoisotopic (exact) mass is 127 g/mol. The van der Waals surface area contributed by atoms with E-state index in [1.54, 1.807) is 0 Å². The van der Waals surface area contributed by atoms with Gasteiger partial charge in [0.2, 0.25) is 0 Å². The normalized spacial score (nSPS) is 9.33. The first-order valence-corrected chi connectivity index (χ1v) is 2.24. The van der Waals surface area contributed by atoms with Crippen LogP contribution in [0, 0.1) is 0 Å². The highest BCUT2D eigenvalue weighted by molar-refractivity contribution is 5.24. The van der Waals surface area contributed by atoms with Gasteiger partial charge in [-0.05, 0) is 0 Å². The summed E-state index contributed by atoms with van der Waals surface area (Å²) in [7, 11) is 0. The largest absolute Gasteiger partial charge is 0.422 e. The Morgan fingerprint density at radius 1 is 1.78 bits per heavy atom. The first-order valence-electron chi connectivity index (χ1n) is 2.24. The summed E-state index contributed by atoms with van der Waals surface area (Å²) in [5, 5.41) is 8.62. The number of rotatable bonds is 0. The highest BCUT2D eigenvalue weighted by Crippen LogP contribution is 1.88. The zero-order valence-corrected chi connectivity index (χ0v) is 4.48. The molecular formula is C4H5N3O2. The van der Waals surface area contributed by atoms with Crippen molar-refractivity contribution in [1.82, 2.24) is 9.71 Å². The molecule has 0 aliphatic rings. The summed E-state index contributed by atoms with van der Waals surface area (Å²) in [5.74, 6) is -0.0185. The Bertz CT molecular complexity index is 267. The summed E-state index contributed by atoms with van der Waals surface area (Å²) in [5.41, 5.74) is 4.33. The van der Waals surface area contributed by atoms with E-state index in [-0.39, 0.29) is 10.5 Å². The van der Waals surface area contributed by atoms with Crippen LogP contribution in [0.3, 0.4) is 0 Å². The Morgan fingerprint density at radius 2 is 2.44 bits per heavy atom. The molecule has 0 bridgehead atoms. The van der Waals surface area contributed by atoms with E-state index in [1.807, 2.05) is 0 Å². The van der Waals surface area contributed by atoms with Crippen LogP contribution in [0.15, 0.2) is 17.1 Å².